The summed E-state index contributed by atoms with van der Waals surface area (Å²) in [4.78, 5) is 40.3. The molecular formula is C32H35NO8S. The second-order valence-electron chi connectivity index (χ2n) is 10.1. The minimum atomic E-state index is -1.82. The third-order valence-corrected chi connectivity index (χ3v) is 9.10. The van der Waals surface area contributed by atoms with Crippen molar-refractivity contribution in [2.75, 3.05) is 27.4 Å². The van der Waals surface area contributed by atoms with Crippen molar-refractivity contribution in [1.29, 1.82) is 0 Å². The van der Waals surface area contributed by atoms with Gasteiger partial charge in [-0.15, -0.1) is 0 Å². The van der Waals surface area contributed by atoms with Gasteiger partial charge in [0.05, 0.1) is 14.2 Å². The monoisotopic (exact) mass is 593 g/mol. The lowest BCUT2D eigenvalue weighted by molar-refractivity contribution is -0.183. The second kappa shape index (κ2) is 13.8. The first-order chi connectivity index (χ1) is 20.2. The number of carbonyl (C=O) groups is 3. The Hall–Kier alpha value is -4.02. The van der Waals surface area contributed by atoms with Gasteiger partial charge in [-0.05, 0) is 60.4 Å². The number of hydrogen-bond acceptors (Lipinski definition) is 8. The quantitative estimate of drug-likeness (QED) is 0.167. The highest BCUT2D eigenvalue weighted by Crippen LogP contribution is 2.43. The summed E-state index contributed by atoms with van der Waals surface area (Å²) >= 11 is -1.82. The van der Waals surface area contributed by atoms with Crippen molar-refractivity contribution in [2.24, 2.45) is 0 Å². The lowest BCUT2D eigenvalue weighted by Gasteiger charge is -2.57. The van der Waals surface area contributed by atoms with Crippen LogP contribution < -0.4 is 9.47 Å². The largest absolute Gasteiger partial charge is 0.611 e. The van der Waals surface area contributed by atoms with Gasteiger partial charge in [-0.1, -0.05) is 42.5 Å². The van der Waals surface area contributed by atoms with E-state index < -0.39 is 39.9 Å². The highest BCUT2D eigenvalue weighted by atomic mass is 32.2. The van der Waals surface area contributed by atoms with Gasteiger partial charge in [0.1, 0.15) is 24.7 Å². The summed E-state index contributed by atoms with van der Waals surface area (Å²) in [6, 6.07) is 23.2. The van der Waals surface area contributed by atoms with Crippen molar-refractivity contribution in [3.8, 4) is 11.5 Å². The number of β-lactam (4-membered cyclic amide) rings is 1. The molecule has 0 aliphatic carbocycles. The van der Waals surface area contributed by atoms with E-state index in [4.69, 9.17) is 18.9 Å². The van der Waals surface area contributed by atoms with Crippen LogP contribution in [-0.4, -0.2) is 71.6 Å². The van der Waals surface area contributed by atoms with E-state index in [0.29, 0.717) is 29.2 Å². The van der Waals surface area contributed by atoms with Gasteiger partial charge in [-0.3, -0.25) is 14.4 Å². The Balaban J connectivity index is 1.79. The van der Waals surface area contributed by atoms with Gasteiger partial charge in [0.15, 0.2) is 10.4 Å². The summed E-state index contributed by atoms with van der Waals surface area (Å²) in [7, 11) is 3.18. The number of hydrogen-bond donors (Lipinski definition) is 0. The predicted octanol–water partition coefficient (Wildman–Crippen LogP) is 3.74. The molecule has 0 radical (unpaired) electrons. The molecule has 0 bridgehead atoms. The van der Waals surface area contributed by atoms with Crippen LogP contribution in [-0.2, 0) is 47.9 Å². The van der Waals surface area contributed by atoms with Crippen LogP contribution in [0.2, 0.25) is 0 Å². The molecule has 0 saturated carbocycles. The van der Waals surface area contributed by atoms with Gasteiger partial charge < -0.3 is 28.4 Å². The third-order valence-electron chi connectivity index (χ3n) is 7.30. The average molecular weight is 594 g/mol. The lowest BCUT2D eigenvalue weighted by atomic mass is 9.80. The summed E-state index contributed by atoms with van der Waals surface area (Å²) < 4.78 is 35.5. The van der Waals surface area contributed by atoms with Gasteiger partial charge in [-0.2, -0.15) is 0 Å². The molecule has 1 saturated heterocycles. The Labute approximate surface area is 248 Å². The van der Waals surface area contributed by atoms with Crippen LogP contribution in [0.4, 0.5) is 0 Å². The van der Waals surface area contributed by atoms with Crippen LogP contribution in [0.1, 0.15) is 25.0 Å². The number of rotatable bonds is 13. The molecule has 3 aromatic carbocycles. The third kappa shape index (κ3) is 6.88. The molecule has 0 aromatic heterocycles. The van der Waals surface area contributed by atoms with Crippen LogP contribution in [0.25, 0.3) is 0 Å². The van der Waals surface area contributed by atoms with Gasteiger partial charge >= 0.3 is 11.9 Å². The second-order valence-corrected chi connectivity index (χ2v) is 11.7. The summed E-state index contributed by atoms with van der Waals surface area (Å²) in [6.07, 6.45) is 0.850. The van der Waals surface area contributed by atoms with Gasteiger partial charge in [0.2, 0.25) is 5.25 Å². The van der Waals surface area contributed by atoms with Gasteiger partial charge in [-0.25, -0.2) is 0 Å². The number of carbonyl (C=O) groups excluding carboxylic acids is 3. The number of benzene rings is 3. The normalized spacial score (nSPS) is 16.4. The molecule has 1 aliphatic rings. The molecule has 10 heteroatoms. The molecule has 4 rings (SSSR count). The maximum Gasteiger partial charge on any atom is 0.302 e. The Bertz CT molecular complexity index is 1300. The molecule has 1 amide bonds. The molecular weight excluding hydrogens is 558 g/mol. The lowest BCUT2D eigenvalue weighted by Crippen LogP contribution is -2.82. The molecule has 9 nitrogen and oxygen atoms in total. The fourth-order valence-electron chi connectivity index (χ4n) is 5.27. The summed E-state index contributed by atoms with van der Waals surface area (Å²) in [5, 5.41) is -1.10. The maximum atomic E-state index is 14.1. The van der Waals surface area contributed by atoms with Crippen LogP contribution in [0, 0.1) is 0 Å². The van der Waals surface area contributed by atoms with E-state index in [1.54, 1.807) is 49.5 Å². The Morgan fingerprint density at radius 3 is 1.67 bits per heavy atom. The van der Waals surface area contributed by atoms with E-state index in [2.05, 4.69) is 0 Å². The number of nitrogens with zero attached hydrogens (tertiary/aromatic N) is 1. The predicted molar refractivity (Wildman–Crippen MR) is 157 cm³/mol. The first kappa shape index (κ1) is 30.9. The molecule has 0 N–H and O–H groups in total. The molecule has 2 atom stereocenters. The fraction of sp³-hybridized carbons (Fsp3) is 0.344. The molecule has 0 spiro atoms. The number of amides is 1. The Kier molecular flexibility index (Phi) is 10.1. The van der Waals surface area contributed by atoms with Crippen molar-refractivity contribution in [3.05, 3.63) is 90.0 Å². The summed E-state index contributed by atoms with van der Waals surface area (Å²) in [6.45, 7) is 1.96. The first-order valence-corrected chi connectivity index (χ1v) is 14.7. The van der Waals surface area contributed by atoms with E-state index in [-0.39, 0.29) is 19.1 Å². The fourth-order valence-corrected chi connectivity index (χ4v) is 6.91. The molecule has 3 aromatic rings. The van der Waals surface area contributed by atoms with Crippen LogP contribution in [0.5, 0.6) is 11.5 Å². The number of methoxy groups -OCH3 is 2. The summed E-state index contributed by atoms with van der Waals surface area (Å²) in [5.41, 5.74) is 0.505. The number of ether oxygens (including phenoxy) is 4. The van der Waals surface area contributed by atoms with E-state index >= 15 is 0 Å². The van der Waals surface area contributed by atoms with Crippen molar-refractivity contribution in [1.82, 2.24) is 4.90 Å². The van der Waals surface area contributed by atoms with E-state index in [9.17, 15) is 18.9 Å². The van der Waals surface area contributed by atoms with E-state index in [1.807, 2.05) is 48.5 Å². The smallest absolute Gasteiger partial charge is 0.302 e. The SMILES string of the molecule is COc1ccc(CC(Cc2ccc(OC)cc2)N2C(=O)C([S+]([O-])c3ccccc3)C2(COC(C)=O)COC(C)=O)cc1. The molecule has 1 heterocycles. The average Bonchev–Trinajstić information content (AvgIpc) is 2.99. The standard InChI is InChI=1S/C32H35NO8S/c1-22(34)40-20-32(21-41-23(2)35)30(42(37)29-8-6-5-7-9-29)31(36)33(32)26(18-24-10-14-27(38-3)15-11-24)19-25-12-16-28(39-4)17-13-25/h5-17,26,30H,18-21H2,1-4H3. The van der Waals surface area contributed by atoms with Crippen LogP contribution in [0.3, 0.4) is 0 Å². The minimum Gasteiger partial charge on any atom is -0.611 e. The van der Waals surface area contributed by atoms with E-state index in [0.717, 1.165) is 11.1 Å². The zero-order chi connectivity index (χ0) is 30.3. The molecule has 2 unspecified atom stereocenters. The molecule has 1 aliphatic heterocycles. The molecule has 42 heavy (non-hydrogen) atoms. The topological polar surface area (TPSA) is 114 Å². The van der Waals surface area contributed by atoms with Gasteiger partial charge in [0, 0.05) is 31.1 Å². The van der Waals surface area contributed by atoms with Crippen molar-refractivity contribution < 1.29 is 37.9 Å². The molecule has 1 fully saturated rings. The highest BCUT2D eigenvalue weighted by Gasteiger charge is 2.69. The van der Waals surface area contributed by atoms with Crippen LogP contribution in [0.15, 0.2) is 83.8 Å². The Morgan fingerprint density at radius 2 is 1.26 bits per heavy atom. The zero-order valence-electron chi connectivity index (χ0n) is 24.1. The Morgan fingerprint density at radius 1 is 0.810 bits per heavy atom. The van der Waals surface area contributed by atoms with E-state index in [1.165, 1.54) is 13.8 Å². The molecule has 222 valence electrons. The number of esters is 2. The van der Waals surface area contributed by atoms with Crippen LogP contribution >= 0.6 is 0 Å². The summed E-state index contributed by atoms with van der Waals surface area (Å²) in [5.74, 6) is -0.112. The first-order valence-electron chi connectivity index (χ1n) is 13.5. The number of likely N-dealkylation sites (tertiary alicyclic amines) is 1. The minimum absolute atomic E-state index is 0.285. The highest BCUT2D eigenvalue weighted by molar-refractivity contribution is 7.93. The zero-order valence-corrected chi connectivity index (χ0v) is 24.9. The van der Waals surface area contributed by atoms with Crippen molar-refractivity contribution in [3.63, 3.8) is 0 Å². The maximum absolute atomic E-state index is 14.1. The van der Waals surface area contributed by atoms with Crippen molar-refractivity contribution >= 4 is 29.0 Å². The van der Waals surface area contributed by atoms with Gasteiger partial charge in [0.25, 0.3) is 5.91 Å². The van der Waals surface area contributed by atoms with Crippen molar-refractivity contribution in [2.45, 2.75) is 48.4 Å².